The van der Waals surface area contributed by atoms with Crippen molar-refractivity contribution in [2.24, 2.45) is 10.9 Å². The number of guanidine groups is 1. The molecule has 9 heteroatoms. The van der Waals surface area contributed by atoms with Crippen LogP contribution in [-0.4, -0.2) is 63.1 Å². The van der Waals surface area contributed by atoms with E-state index in [1.54, 1.807) is 19.2 Å². The monoisotopic (exact) mass is 414 g/mol. The normalized spacial score (nSPS) is 15.4. The van der Waals surface area contributed by atoms with Crippen molar-refractivity contribution in [3.05, 3.63) is 33.8 Å². The predicted molar refractivity (Wildman–Crippen MR) is 106 cm³/mol. The minimum atomic E-state index is -0.218. The molecule has 27 heavy (non-hydrogen) atoms. The molecule has 1 aromatic rings. The molecule has 0 radical (unpaired) electrons. The smallest absolute Gasteiger partial charge is 0.308 e. The summed E-state index contributed by atoms with van der Waals surface area (Å²) in [7, 11) is 3.13. The number of piperidine rings is 1. The number of aliphatic imine (C=N–C) groups is 1. The van der Waals surface area contributed by atoms with Crippen molar-refractivity contribution in [2.45, 2.75) is 12.8 Å². The Balaban J connectivity index is 1.74. The van der Waals surface area contributed by atoms with Crippen LogP contribution >= 0.6 is 23.2 Å². The number of likely N-dealkylation sites (tertiary alicyclic amines) is 1. The van der Waals surface area contributed by atoms with Gasteiger partial charge in [-0.3, -0.25) is 14.6 Å². The molecule has 0 unspecified atom stereocenters. The third-order valence-electron chi connectivity index (χ3n) is 4.42. The Bertz CT molecular complexity index is 704. The number of hydrogen-bond acceptors (Lipinski definition) is 4. The molecule has 7 nitrogen and oxygen atoms in total. The number of halogens is 2. The van der Waals surface area contributed by atoms with E-state index in [-0.39, 0.29) is 17.8 Å². The Morgan fingerprint density at radius 1 is 1.19 bits per heavy atom. The summed E-state index contributed by atoms with van der Waals surface area (Å²) in [5.41, 5.74) is 0.457. The van der Waals surface area contributed by atoms with E-state index >= 15 is 0 Å². The van der Waals surface area contributed by atoms with Crippen LogP contribution in [0, 0.1) is 5.92 Å². The molecule has 1 aromatic carbocycles. The highest BCUT2D eigenvalue weighted by Crippen LogP contribution is 2.22. The molecule has 1 aliphatic rings. The van der Waals surface area contributed by atoms with E-state index < -0.39 is 0 Å². The first-order chi connectivity index (χ1) is 13.0. The summed E-state index contributed by atoms with van der Waals surface area (Å²) in [6.45, 7) is 2.41. The molecule has 2 N–H and O–H groups in total. The Labute approximate surface area is 169 Å². The molecule has 2 rings (SSSR count). The highest BCUT2D eigenvalue weighted by atomic mass is 35.5. The molecular weight excluding hydrogens is 391 g/mol. The number of nitrogens with zero attached hydrogens (tertiary/aromatic N) is 2. The van der Waals surface area contributed by atoms with Gasteiger partial charge in [0.15, 0.2) is 5.96 Å². The molecule has 0 aliphatic carbocycles. The van der Waals surface area contributed by atoms with E-state index in [1.807, 2.05) is 0 Å². The summed E-state index contributed by atoms with van der Waals surface area (Å²) < 4.78 is 4.80. The summed E-state index contributed by atoms with van der Waals surface area (Å²) in [6.07, 6.45) is 1.48. The molecule has 1 heterocycles. The maximum absolute atomic E-state index is 12.1. The van der Waals surface area contributed by atoms with Crippen LogP contribution in [0.3, 0.4) is 0 Å². The number of hydrogen-bond donors (Lipinski definition) is 2. The van der Waals surface area contributed by atoms with Crippen molar-refractivity contribution in [3.63, 3.8) is 0 Å². The molecule has 0 bridgehead atoms. The highest BCUT2D eigenvalue weighted by Gasteiger charge is 2.26. The molecule has 0 spiro atoms. The average Bonchev–Trinajstić information content (AvgIpc) is 2.69. The molecule has 1 amide bonds. The minimum absolute atomic E-state index is 0.0464. The molecule has 0 aromatic heterocycles. The highest BCUT2D eigenvalue weighted by molar-refractivity contribution is 6.42. The second-order valence-corrected chi connectivity index (χ2v) is 6.96. The van der Waals surface area contributed by atoms with Crippen LogP contribution in [0.15, 0.2) is 23.2 Å². The van der Waals surface area contributed by atoms with Gasteiger partial charge < -0.3 is 20.3 Å². The molecule has 148 valence electrons. The van der Waals surface area contributed by atoms with Gasteiger partial charge in [0.25, 0.3) is 5.91 Å². The lowest BCUT2D eigenvalue weighted by molar-refractivity contribution is -0.146. The maximum atomic E-state index is 12.1. The van der Waals surface area contributed by atoms with Gasteiger partial charge in [-0.15, -0.1) is 0 Å². The fourth-order valence-electron chi connectivity index (χ4n) is 2.92. The van der Waals surface area contributed by atoms with Gasteiger partial charge in [-0.2, -0.15) is 0 Å². The number of amides is 1. The van der Waals surface area contributed by atoms with Gasteiger partial charge in [-0.05, 0) is 31.0 Å². The number of nitrogens with one attached hydrogen (secondary N) is 2. The lowest BCUT2D eigenvalue weighted by Gasteiger charge is -2.33. The maximum Gasteiger partial charge on any atom is 0.308 e. The van der Waals surface area contributed by atoms with E-state index in [2.05, 4.69) is 20.5 Å². The van der Waals surface area contributed by atoms with Gasteiger partial charge in [0.05, 0.1) is 23.1 Å². The number of carbonyl (C=O) groups excluding carboxylic acids is 2. The van der Waals surface area contributed by atoms with Crippen LogP contribution in [0.2, 0.25) is 10.0 Å². The standard InChI is InChI=1S/C18H24Cl2N4O3/c1-21-18(24-9-5-12(6-10-24)17(26)27-2)23-8-7-22-16(25)13-3-4-14(19)15(20)11-13/h3-4,11-12H,5-10H2,1-2H3,(H,21,23)(H,22,25). The van der Waals surface area contributed by atoms with Crippen molar-refractivity contribution in [1.82, 2.24) is 15.5 Å². The van der Waals surface area contributed by atoms with Crippen molar-refractivity contribution in [3.8, 4) is 0 Å². The topological polar surface area (TPSA) is 83.0 Å². The minimum Gasteiger partial charge on any atom is -0.469 e. The zero-order valence-electron chi connectivity index (χ0n) is 15.4. The van der Waals surface area contributed by atoms with Gasteiger partial charge in [0, 0.05) is 38.8 Å². The van der Waals surface area contributed by atoms with Crippen molar-refractivity contribution in [2.75, 3.05) is 40.3 Å². The Morgan fingerprint density at radius 3 is 2.44 bits per heavy atom. The summed E-state index contributed by atoms with van der Waals surface area (Å²) in [5.74, 6) is 0.337. The summed E-state index contributed by atoms with van der Waals surface area (Å²) in [6, 6.07) is 4.76. The van der Waals surface area contributed by atoms with E-state index in [1.165, 1.54) is 13.2 Å². The molecule has 1 aliphatic heterocycles. The van der Waals surface area contributed by atoms with Crippen LogP contribution in [0.4, 0.5) is 0 Å². The molecule has 0 atom stereocenters. The van der Waals surface area contributed by atoms with E-state index in [0.717, 1.165) is 31.9 Å². The second kappa shape index (κ2) is 10.4. The number of benzene rings is 1. The second-order valence-electron chi connectivity index (χ2n) is 6.14. The molecule has 0 saturated carbocycles. The zero-order valence-corrected chi connectivity index (χ0v) is 16.9. The summed E-state index contributed by atoms with van der Waals surface area (Å²) in [4.78, 5) is 30.1. The van der Waals surface area contributed by atoms with Crippen molar-refractivity contribution in [1.29, 1.82) is 0 Å². The van der Waals surface area contributed by atoms with E-state index in [4.69, 9.17) is 27.9 Å². The van der Waals surface area contributed by atoms with Crippen LogP contribution in [0.1, 0.15) is 23.2 Å². The first-order valence-corrected chi connectivity index (χ1v) is 9.48. The van der Waals surface area contributed by atoms with Gasteiger partial charge >= 0.3 is 5.97 Å². The molecular formula is C18H24Cl2N4O3. The third kappa shape index (κ3) is 6.01. The van der Waals surface area contributed by atoms with Gasteiger partial charge in [-0.25, -0.2) is 0 Å². The van der Waals surface area contributed by atoms with Gasteiger partial charge in [0.1, 0.15) is 0 Å². The first kappa shape index (κ1) is 21.3. The van der Waals surface area contributed by atoms with E-state index in [9.17, 15) is 9.59 Å². The number of rotatable bonds is 5. The van der Waals surface area contributed by atoms with Gasteiger partial charge in [-0.1, -0.05) is 23.2 Å². The zero-order chi connectivity index (χ0) is 19.8. The summed E-state index contributed by atoms with van der Waals surface area (Å²) >= 11 is 11.8. The third-order valence-corrected chi connectivity index (χ3v) is 5.16. The van der Waals surface area contributed by atoms with Crippen molar-refractivity contribution < 1.29 is 14.3 Å². The lowest BCUT2D eigenvalue weighted by atomic mass is 9.97. The Morgan fingerprint density at radius 2 is 1.85 bits per heavy atom. The van der Waals surface area contributed by atoms with Gasteiger partial charge in [0.2, 0.25) is 0 Å². The quantitative estimate of drug-likeness (QED) is 0.334. The Hall–Kier alpha value is -1.99. The largest absolute Gasteiger partial charge is 0.469 e. The van der Waals surface area contributed by atoms with Crippen molar-refractivity contribution >= 4 is 41.0 Å². The first-order valence-electron chi connectivity index (χ1n) is 8.73. The van der Waals surface area contributed by atoms with Crippen LogP contribution in [0.5, 0.6) is 0 Å². The van der Waals surface area contributed by atoms with Crippen LogP contribution in [-0.2, 0) is 9.53 Å². The molecule has 1 fully saturated rings. The SMILES string of the molecule is CN=C(NCCNC(=O)c1ccc(Cl)c(Cl)c1)N1CCC(C(=O)OC)CC1. The number of carbonyl (C=O) groups is 2. The molecule has 1 saturated heterocycles. The number of ether oxygens (including phenoxy) is 1. The fraction of sp³-hybridized carbons (Fsp3) is 0.500. The van der Waals surface area contributed by atoms with E-state index in [0.29, 0.717) is 28.7 Å². The van der Waals surface area contributed by atoms with Crippen LogP contribution < -0.4 is 10.6 Å². The number of methoxy groups -OCH3 is 1. The fourth-order valence-corrected chi connectivity index (χ4v) is 3.21. The predicted octanol–water partition coefficient (Wildman–Crippen LogP) is 2.18. The lowest BCUT2D eigenvalue weighted by Crippen LogP contribution is -2.48. The number of esters is 1. The summed E-state index contributed by atoms with van der Waals surface area (Å²) in [5, 5.41) is 6.80. The van der Waals surface area contributed by atoms with Crippen LogP contribution in [0.25, 0.3) is 0 Å². The Kier molecular flexibility index (Phi) is 8.19. The average molecular weight is 415 g/mol.